The predicted molar refractivity (Wildman–Crippen MR) is 121 cm³/mol. The predicted octanol–water partition coefficient (Wildman–Crippen LogP) is 3.21. The number of nitrogens with one attached hydrogen (secondary N) is 3. The summed E-state index contributed by atoms with van der Waals surface area (Å²) in [6.45, 7) is 4.04. The van der Waals surface area contributed by atoms with Crippen LogP contribution in [-0.4, -0.2) is 58.4 Å². The van der Waals surface area contributed by atoms with Gasteiger partial charge in [0.05, 0.1) is 12.3 Å². The van der Waals surface area contributed by atoms with Gasteiger partial charge in [-0.25, -0.2) is 4.79 Å². The molecule has 0 radical (unpaired) electrons. The Morgan fingerprint density at radius 3 is 2.45 bits per heavy atom. The Kier molecular flexibility index (Phi) is 7.68. The van der Waals surface area contributed by atoms with E-state index in [4.69, 9.17) is 5.11 Å². The first-order chi connectivity index (χ1) is 14.9. The highest BCUT2D eigenvalue weighted by molar-refractivity contribution is 5.97. The van der Waals surface area contributed by atoms with Gasteiger partial charge in [0.2, 0.25) is 5.91 Å². The molecule has 4 N–H and O–H groups in total. The number of benzene rings is 1. The number of aliphatic hydroxyl groups is 1. The number of rotatable bonds is 7. The van der Waals surface area contributed by atoms with Crippen molar-refractivity contribution in [1.29, 1.82) is 0 Å². The van der Waals surface area contributed by atoms with Crippen molar-refractivity contribution in [3.05, 3.63) is 35.7 Å². The fourth-order valence-electron chi connectivity index (χ4n) is 4.28. The van der Waals surface area contributed by atoms with Gasteiger partial charge in [0.1, 0.15) is 6.04 Å². The first-order valence-electron chi connectivity index (χ1n) is 11.0. The van der Waals surface area contributed by atoms with Crippen LogP contribution in [0.4, 0.5) is 10.5 Å². The molecule has 1 aliphatic carbocycles. The highest BCUT2D eigenvalue weighted by Crippen LogP contribution is 2.29. The number of hydrogen-bond acceptors (Lipinski definition) is 4. The molecule has 1 fully saturated rings. The number of nitrogens with zero attached hydrogens (tertiary/aromatic N) is 2. The normalized spacial score (nSPS) is 15.4. The van der Waals surface area contributed by atoms with Gasteiger partial charge in [-0.05, 0) is 50.3 Å². The number of aliphatic hydroxyl groups excluding tert-OH is 1. The Hall–Kier alpha value is -2.87. The number of aromatic amines is 1. The van der Waals surface area contributed by atoms with E-state index in [1.807, 2.05) is 38.1 Å². The van der Waals surface area contributed by atoms with Crippen LogP contribution in [0.1, 0.15) is 43.5 Å². The maximum absolute atomic E-state index is 13.1. The van der Waals surface area contributed by atoms with Gasteiger partial charge in [0, 0.05) is 30.5 Å². The second-order valence-corrected chi connectivity index (χ2v) is 8.35. The summed E-state index contributed by atoms with van der Waals surface area (Å²) < 4.78 is 0. The summed E-state index contributed by atoms with van der Waals surface area (Å²) in [4.78, 5) is 27.0. The smallest absolute Gasteiger partial charge is 0.317 e. The van der Waals surface area contributed by atoms with E-state index in [1.54, 1.807) is 7.05 Å². The number of amides is 3. The molecular formula is C23H33N5O3. The topological polar surface area (TPSA) is 110 Å². The van der Waals surface area contributed by atoms with E-state index in [2.05, 4.69) is 20.8 Å². The SMILES string of the molecule is Cc1n[nH]c(C)c1-c1ccc(NC(=O)[C@@H](NC(=O)N(C)CCO)C2CCCCC2)cc1. The first kappa shape index (κ1) is 22.8. The Morgan fingerprint density at radius 1 is 1.19 bits per heavy atom. The number of carbonyl (C=O) groups is 2. The summed E-state index contributed by atoms with van der Waals surface area (Å²) in [6.07, 6.45) is 5.13. The molecule has 0 spiro atoms. The second kappa shape index (κ2) is 10.4. The van der Waals surface area contributed by atoms with E-state index in [0.717, 1.165) is 54.6 Å². The summed E-state index contributed by atoms with van der Waals surface area (Å²) in [7, 11) is 1.61. The summed E-state index contributed by atoms with van der Waals surface area (Å²) in [5, 5.41) is 22.2. The van der Waals surface area contributed by atoms with Gasteiger partial charge >= 0.3 is 6.03 Å². The standard InChI is InChI=1S/C23H33N5O3/c1-15-20(16(2)27-26-15)17-9-11-19(12-10-17)24-22(30)21(18-7-5-4-6-8-18)25-23(31)28(3)13-14-29/h9-12,18,21,29H,4-8,13-14H2,1-3H3,(H,24,30)(H,25,31)(H,26,27)/t21-/m0/s1. The number of H-pyrrole nitrogens is 1. The third-order valence-electron chi connectivity index (χ3n) is 6.03. The molecule has 0 aliphatic heterocycles. The molecule has 0 bridgehead atoms. The van der Waals surface area contributed by atoms with Gasteiger partial charge in [-0.2, -0.15) is 5.10 Å². The third kappa shape index (κ3) is 5.64. The number of urea groups is 1. The van der Waals surface area contributed by atoms with Crippen molar-refractivity contribution in [2.75, 3.05) is 25.5 Å². The highest BCUT2D eigenvalue weighted by Gasteiger charge is 2.31. The average molecular weight is 428 g/mol. The van der Waals surface area contributed by atoms with Gasteiger partial charge in [0.15, 0.2) is 0 Å². The number of hydrogen-bond donors (Lipinski definition) is 4. The second-order valence-electron chi connectivity index (χ2n) is 8.35. The summed E-state index contributed by atoms with van der Waals surface area (Å²) in [5.41, 5.74) is 4.72. The van der Waals surface area contributed by atoms with Gasteiger partial charge in [0.25, 0.3) is 0 Å². The Labute approximate surface area is 183 Å². The Balaban J connectivity index is 1.72. The van der Waals surface area contributed by atoms with Crippen LogP contribution in [0.25, 0.3) is 11.1 Å². The molecule has 1 heterocycles. The quantitative estimate of drug-likeness (QED) is 0.544. The minimum absolute atomic E-state index is 0.107. The lowest BCUT2D eigenvalue weighted by molar-refractivity contribution is -0.119. The fraction of sp³-hybridized carbons (Fsp3) is 0.522. The van der Waals surface area contributed by atoms with Crippen LogP contribution in [-0.2, 0) is 4.79 Å². The Bertz CT molecular complexity index is 868. The molecule has 0 unspecified atom stereocenters. The zero-order valence-corrected chi connectivity index (χ0v) is 18.6. The first-order valence-corrected chi connectivity index (χ1v) is 11.0. The van der Waals surface area contributed by atoms with Crippen LogP contribution >= 0.6 is 0 Å². The zero-order chi connectivity index (χ0) is 22.4. The molecule has 168 valence electrons. The van der Waals surface area contributed by atoms with Crippen molar-refractivity contribution in [2.45, 2.75) is 52.0 Å². The lowest BCUT2D eigenvalue weighted by Crippen LogP contribution is -2.52. The highest BCUT2D eigenvalue weighted by atomic mass is 16.3. The zero-order valence-electron chi connectivity index (χ0n) is 18.6. The molecular weight excluding hydrogens is 394 g/mol. The van der Waals surface area contributed by atoms with E-state index in [9.17, 15) is 9.59 Å². The molecule has 2 aromatic rings. The Morgan fingerprint density at radius 2 is 1.87 bits per heavy atom. The fourth-order valence-corrected chi connectivity index (χ4v) is 4.28. The maximum Gasteiger partial charge on any atom is 0.317 e. The molecule has 3 rings (SSSR count). The molecule has 8 nitrogen and oxygen atoms in total. The van der Waals surface area contributed by atoms with E-state index in [1.165, 1.54) is 4.90 Å². The molecule has 1 aromatic heterocycles. The van der Waals surface area contributed by atoms with Crippen LogP contribution in [0.15, 0.2) is 24.3 Å². The molecule has 31 heavy (non-hydrogen) atoms. The summed E-state index contributed by atoms with van der Waals surface area (Å²) in [5.74, 6) is -0.100. The minimum Gasteiger partial charge on any atom is -0.395 e. The molecule has 1 atom stereocenters. The van der Waals surface area contributed by atoms with Crippen molar-refractivity contribution in [2.24, 2.45) is 5.92 Å². The van der Waals surface area contributed by atoms with E-state index in [0.29, 0.717) is 5.69 Å². The van der Waals surface area contributed by atoms with E-state index < -0.39 is 6.04 Å². The maximum atomic E-state index is 13.1. The molecule has 3 amide bonds. The lowest BCUT2D eigenvalue weighted by Gasteiger charge is -2.31. The van der Waals surface area contributed by atoms with Crippen molar-refractivity contribution in [1.82, 2.24) is 20.4 Å². The summed E-state index contributed by atoms with van der Waals surface area (Å²) >= 11 is 0. The van der Waals surface area contributed by atoms with Crippen LogP contribution < -0.4 is 10.6 Å². The number of carbonyl (C=O) groups excluding carboxylic acids is 2. The van der Waals surface area contributed by atoms with Crippen LogP contribution in [0.2, 0.25) is 0 Å². The van der Waals surface area contributed by atoms with Gasteiger partial charge < -0.3 is 20.6 Å². The molecule has 1 aromatic carbocycles. The van der Waals surface area contributed by atoms with Gasteiger partial charge in [-0.1, -0.05) is 31.4 Å². The minimum atomic E-state index is -0.605. The molecule has 1 aliphatic rings. The van der Waals surface area contributed by atoms with Gasteiger partial charge in [-0.15, -0.1) is 0 Å². The molecule has 1 saturated carbocycles. The van der Waals surface area contributed by atoms with Crippen molar-refractivity contribution < 1.29 is 14.7 Å². The lowest BCUT2D eigenvalue weighted by atomic mass is 9.83. The van der Waals surface area contributed by atoms with Gasteiger partial charge in [-0.3, -0.25) is 9.89 Å². The van der Waals surface area contributed by atoms with Crippen molar-refractivity contribution >= 4 is 17.6 Å². The van der Waals surface area contributed by atoms with Crippen LogP contribution in [0.5, 0.6) is 0 Å². The van der Waals surface area contributed by atoms with E-state index >= 15 is 0 Å². The average Bonchev–Trinajstić information content (AvgIpc) is 3.11. The summed E-state index contributed by atoms with van der Waals surface area (Å²) in [6, 6.07) is 6.72. The van der Waals surface area contributed by atoms with Crippen molar-refractivity contribution in [3.8, 4) is 11.1 Å². The molecule has 0 saturated heterocycles. The number of aryl methyl sites for hydroxylation is 2. The van der Waals surface area contributed by atoms with Crippen LogP contribution in [0.3, 0.4) is 0 Å². The number of anilines is 1. The number of aromatic nitrogens is 2. The van der Waals surface area contributed by atoms with Crippen LogP contribution in [0, 0.1) is 19.8 Å². The third-order valence-corrected chi connectivity index (χ3v) is 6.03. The molecule has 8 heteroatoms. The van der Waals surface area contributed by atoms with E-state index in [-0.39, 0.29) is 31.0 Å². The number of likely N-dealkylation sites (N-methyl/N-ethyl adjacent to an activating group) is 1. The monoisotopic (exact) mass is 427 g/mol. The largest absolute Gasteiger partial charge is 0.395 e. The van der Waals surface area contributed by atoms with Crippen molar-refractivity contribution in [3.63, 3.8) is 0 Å².